The molecule has 1 heterocycles. The Morgan fingerprint density at radius 3 is 2.92 bits per heavy atom. The standard InChI is InChI=1S/C8H12N2O2S/c1-5(2)9-3-6-4-10-7(13-6)8(11)12/h4-5,9H,3H2,1-2H3,(H,11,12). The van der Waals surface area contributed by atoms with Gasteiger partial charge in [0.25, 0.3) is 0 Å². The van der Waals surface area contributed by atoms with E-state index >= 15 is 0 Å². The molecule has 0 saturated heterocycles. The molecule has 4 nitrogen and oxygen atoms in total. The van der Waals surface area contributed by atoms with Crippen molar-refractivity contribution in [2.24, 2.45) is 0 Å². The van der Waals surface area contributed by atoms with Crippen molar-refractivity contribution in [2.45, 2.75) is 26.4 Å². The number of nitrogens with one attached hydrogen (secondary N) is 1. The number of thiazole rings is 1. The Hall–Kier alpha value is -0.940. The molecule has 72 valence electrons. The normalized spacial score (nSPS) is 10.7. The van der Waals surface area contributed by atoms with Crippen molar-refractivity contribution in [1.82, 2.24) is 10.3 Å². The largest absolute Gasteiger partial charge is 0.476 e. The number of carboxylic acids is 1. The summed E-state index contributed by atoms with van der Waals surface area (Å²) in [5.74, 6) is -0.958. The number of aromatic nitrogens is 1. The molecule has 0 atom stereocenters. The summed E-state index contributed by atoms with van der Waals surface area (Å²) in [4.78, 5) is 15.2. The summed E-state index contributed by atoms with van der Waals surface area (Å²) in [6.07, 6.45) is 1.60. The van der Waals surface area contributed by atoms with Crippen molar-refractivity contribution in [3.8, 4) is 0 Å². The van der Waals surface area contributed by atoms with E-state index in [9.17, 15) is 4.79 Å². The highest BCUT2D eigenvalue weighted by Crippen LogP contribution is 2.12. The van der Waals surface area contributed by atoms with E-state index in [1.165, 1.54) is 11.3 Å². The molecule has 0 bridgehead atoms. The van der Waals surface area contributed by atoms with Gasteiger partial charge in [-0.05, 0) is 0 Å². The predicted octanol–water partition coefficient (Wildman–Crippen LogP) is 1.34. The van der Waals surface area contributed by atoms with Crippen LogP contribution in [0.15, 0.2) is 6.20 Å². The fourth-order valence-electron chi connectivity index (χ4n) is 0.793. The van der Waals surface area contributed by atoms with E-state index in [0.717, 1.165) is 4.88 Å². The zero-order valence-corrected chi connectivity index (χ0v) is 8.39. The number of carboxylic acid groups (broad SMARTS) is 1. The van der Waals surface area contributed by atoms with Gasteiger partial charge in [-0.1, -0.05) is 13.8 Å². The van der Waals surface area contributed by atoms with E-state index in [1.807, 2.05) is 13.8 Å². The second-order valence-electron chi connectivity index (χ2n) is 2.97. The van der Waals surface area contributed by atoms with Gasteiger partial charge in [-0.3, -0.25) is 0 Å². The molecule has 0 spiro atoms. The molecule has 1 rings (SSSR count). The first-order valence-corrected chi connectivity index (χ1v) is 4.82. The molecule has 1 aromatic rings. The van der Waals surface area contributed by atoms with Crippen LogP contribution in [0.4, 0.5) is 0 Å². The van der Waals surface area contributed by atoms with Gasteiger partial charge in [0.05, 0.1) is 0 Å². The molecule has 5 heteroatoms. The van der Waals surface area contributed by atoms with Crippen molar-refractivity contribution in [1.29, 1.82) is 0 Å². The maximum absolute atomic E-state index is 10.5. The average Bonchev–Trinajstić information content (AvgIpc) is 2.48. The van der Waals surface area contributed by atoms with Gasteiger partial charge in [-0.15, -0.1) is 11.3 Å². The lowest BCUT2D eigenvalue weighted by Gasteiger charge is -2.04. The van der Waals surface area contributed by atoms with Crippen LogP contribution in [-0.4, -0.2) is 22.1 Å². The number of hydrogen-bond donors (Lipinski definition) is 2. The summed E-state index contributed by atoms with van der Waals surface area (Å²) in [6, 6.07) is 0.398. The van der Waals surface area contributed by atoms with Gasteiger partial charge in [0, 0.05) is 23.7 Å². The molecular formula is C8H12N2O2S. The van der Waals surface area contributed by atoms with Crippen molar-refractivity contribution in [3.05, 3.63) is 16.1 Å². The van der Waals surface area contributed by atoms with Crippen LogP contribution >= 0.6 is 11.3 Å². The highest BCUT2D eigenvalue weighted by atomic mass is 32.1. The molecule has 0 radical (unpaired) electrons. The summed E-state index contributed by atoms with van der Waals surface area (Å²) < 4.78 is 0. The minimum Gasteiger partial charge on any atom is -0.476 e. The van der Waals surface area contributed by atoms with Crippen LogP contribution in [0.25, 0.3) is 0 Å². The zero-order valence-electron chi connectivity index (χ0n) is 7.57. The van der Waals surface area contributed by atoms with Crippen LogP contribution in [0.5, 0.6) is 0 Å². The molecule has 0 saturated carbocycles. The molecule has 0 unspecified atom stereocenters. The zero-order chi connectivity index (χ0) is 9.84. The minimum atomic E-state index is -0.958. The minimum absolute atomic E-state index is 0.153. The van der Waals surface area contributed by atoms with Crippen molar-refractivity contribution >= 4 is 17.3 Å². The van der Waals surface area contributed by atoms with Crippen LogP contribution in [-0.2, 0) is 6.54 Å². The third-order valence-corrected chi connectivity index (χ3v) is 2.41. The highest BCUT2D eigenvalue weighted by Gasteiger charge is 2.08. The van der Waals surface area contributed by atoms with Gasteiger partial charge in [-0.2, -0.15) is 0 Å². The van der Waals surface area contributed by atoms with E-state index in [4.69, 9.17) is 5.11 Å². The van der Waals surface area contributed by atoms with Gasteiger partial charge >= 0.3 is 5.97 Å². The molecule has 0 aliphatic rings. The van der Waals surface area contributed by atoms with E-state index in [-0.39, 0.29) is 5.01 Å². The SMILES string of the molecule is CC(C)NCc1cnc(C(=O)O)s1. The number of carbonyl (C=O) groups is 1. The van der Waals surface area contributed by atoms with E-state index < -0.39 is 5.97 Å². The van der Waals surface area contributed by atoms with Crippen LogP contribution in [0.1, 0.15) is 28.5 Å². The number of hydrogen-bond acceptors (Lipinski definition) is 4. The molecule has 0 aliphatic carbocycles. The Labute approximate surface area is 80.6 Å². The summed E-state index contributed by atoms with van der Waals surface area (Å²) in [7, 11) is 0. The summed E-state index contributed by atoms with van der Waals surface area (Å²) in [5.41, 5.74) is 0. The number of rotatable bonds is 4. The van der Waals surface area contributed by atoms with E-state index in [1.54, 1.807) is 6.20 Å². The Morgan fingerprint density at radius 2 is 2.46 bits per heavy atom. The molecule has 2 N–H and O–H groups in total. The van der Waals surface area contributed by atoms with Crippen molar-refractivity contribution < 1.29 is 9.90 Å². The second kappa shape index (κ2) is 4.34. The Morgan fingerprint density at radius 1 is 1.77 bits per heavy atom. The maximum Gasteiger partial charge on any atom is 0.365 e. The third-order valence-electron chi connectivity index (χ3n) is 1.42. The molecule has 0 aromatic carbocycles. The topological polar surface area (TPSA) is 62.2 Å². The smallest absolute Gasteiger partial charge is 0.365 e. The van der Waals surface area contributed by atoms with Crippen LogP contribution in [0.3, 0.4) is 0 Å². The van der Waals surface area contributed by atoms with Crippen molar-refractivity contribution in [3.63, 3.8) is 0 Å². The Bertz CT molecular complexity index is 296. The average molecular weight is 200 g/mol. The molecule has 0 amide bonds. The second-order valence-corrected chi connectivity index (χ2v) is 4.09. The van der Waals surface area contributed by atoms with Crippen LogP contribution < -0.4 is 5.32 Å². The summed E-state index contributed by atoms with van der Waals surface area (Å²) >= 11 is 1.21. The highest BCUT2D eigenvalue weighted by molar-refractivity contribution is 7.13. The molecular weight excluding hydrogens is 188 g/mol. The molecule has 0 fully saturated rings. The number of nitrogens with zero attached hydrogens (tertiary/aromatic N) is 1. The first kappa shape index (κ1) is 10.1. The first-order chi connectivity index (χ1) is 6.09. The van der Waals surface area contributed by atoms with Crippen LogP contribution in [0.2, 0.25) is 0 Å². The fourth-order valence-corrected chi connectivity index (χ4v) is 1.49. The van der Waals surface area contributed by atoms with E-state index in [0.29, 0.717) is 12.6 Å². The van der Waals surface area contributed by atoms with Crippen LogP contribution in [0, 0.1) is 0 Å². The summed E-state index contributed by atoms with van der Waals surface area (Å²) in [6.45, 7) is 4.76. The van der Waals surface area contributed by atoms with Gasteiger partial charge < -0.3 is 10.4 Å². The molecule has 1 aromatic heterocycles. The van der Waals surface area contributed by atoms with E-state index in [2.05, 4.69) is 10.3 Å². The maximum atomic E-state index is 10.5. The fraction of sp³-hybridized carbons (Fsp3) is 0.500. The lowest BCUT2D eigenvalue weighted by atomic mass is 10.4. The first-order valence-electron chi connectivity index (χ1n) is 4.01. The Kier molecular flexibility index (Phi) is 3.39. The predicted molar refractivity (Wildman–Crippen MR) is 51.0 cm³/mol. The monoisotopic (exact) mass is 200 g/mol. The third kappa shape index (κ3) is 3.12. The quantitative estimate of drug-likeness (QED) is 0.770. The van der Waals surface area contributed by atoms with Gasteiger partial charge in [-0.25, -0.2) is 9.78 Å². The van der Waals surface area contributed by atoms with Gasteiger partial charge in [0.2, 0.25) is 5.01 Å². The lowest BCUT2D eigenvalue weighted by molar-refractivity contribution is 0.0696. The van der Waals surface area contributed by atoms with Crippen molar-refractivity contribution in [2.75, 3.05) is 0 Å². The molecule has 13 heavy (non-hydrogen) atoms. The molecule has 0 aliphatic heterocycles. The lowest BCUT2D eigenvalue weighted by Crippen LogP contribution is -2.21. The van der Waals surface area contributed by atoms with Gasteiger partial charge in [0.1, 0.15) is 0 Å². The number of aromatic carboxylic acids is 1. The summed E-state index contributed by atoms with van der Waals surface area (Å²) in [5, 5.41) is 11.9. The van der Waals surface area contributed by atoms with Gasteiger partial charge in [0.15, 0.2) is 0 Å². The Balaban J connectivity index is 2.54.